The Labute approximate surface area is 151 Å². The van der Waals surface area contributed by atoms with Gasteiger partial charge >= 0.3 is 0 Å². The van der Waals surface area contributed by atoms with Gasteiger partial charge in [-0.25, -0.2) is 9.97 Å². The molecule has 0 aliphatic heterocycles. The summed E-state index contributed by atoms with van der Waals surface area (Å²) >= 11 is 1.65. The molecule has 4 aromatic rings. The summed E-state index contributed by atoms with van der Waals surface area (Å²) in [4.78, 5) is 10.0. The minimum atomic E-state index is 0.860. The van der Waals surface area contributed by atoms with Gasteiger partial charge in [0.25, 0.3) is 0 Å². The quantitative estimate of drug-likeness (QED) is 0.493. The average molecular weight is 345 g/mol. The maximum Gasteiger partial charge on any atom is 0.143 e. The van der Waals surface area contributed by atoms with E-state index in [0.717, 1.165) is 21.7 Å². The largest absolute Gasteiger partial charge is 0.339 e. The van der Waals surface area contributed by atoms with Gasteiger partial charge in [-0.3, -0.25) is 0 Å². The van der Waals surface area contributed by atoms with E-state index in [2.05, 4.69) is 83.9 Å². The monoisotopic (exact) mass is 345 g/mol. The smallest absolute Gasteiger partial charge is 0.143 e. The number of aromatic nitrogens is 2. The summed E-state index contributed by atoms with van der Waals surface area (Å²) in [5.41, 5.74) is 7.15. The van der Waals surface area contributed by atoms with E-state index < -0.39 is 0 Å². The molecule has 0 aliphatic carbocycles. The molecule has 4 rings (SSSR count). The van der Waals surface area contributed by atoms with Crippen molar-refractivity contribution < 1.29 is 0 Å². The lowest BCUT2D eigenvalue weighted by Gasteiger charge is -2.13. The summed E-state index contributed by atoms with van der Waals surface area (Å²) in [6, 6.07) is 14.9. The summed E-state index contributed by atoms with van der Waals surface area (Å²) in [6.45, 7) is 6.33. The van der Waals surface area contributed by atoms with Crippen LogP contribution in [-0.4, -0.2) is 9.97 Å². The van der Waals surface area contributed by atoms with Crippen molar-refractivity contribution in [1.82, 2.24) is 9.97 Å². The third-order valence-electron chi connectivity index (χ3n) is 4.46. The zero-order valence-corrected chi connectivity index (χ0v) is 15.3. The first kappa shape index (κ1) is 15.8. The molecule has 1 N–H and O–H groups in total. The maximum atomic E-state index is 4.54. The molecule has 2 heterocycles. The van der Waals surface area contributed by atoms with Crippen LogP contribution in [0.1, 0.15) is 16.7 Å². The van der Waals surface area contributed by atoms with Crippen molar-refractivity contribution in [2.24, 2.45) is 0 Å². The summed E-state index contributed by atoms with van der Waals surface area (Å²) < 4.78 is 0. The fourth-order valence-electron chi connectivity index (χ4n) is 3.05. The van der Waals surface area contributed by atoms with Gasteiger partial charge in [0.2, 0.25) is 0 Å². The molecule has 0 radical (unpaired) electrons. The Morgan fingerprint density at radius 3 is 2.32 bits per heavy atom. The number of rotatable bonds is 3. The normalized spacial score (nSPS) is 11.0. The Hall–Kier alpha value is -2.72. The van der Waals surface area contributed by atoms with Crippen LogP contribution in [0.25, 0.3) is 21.3 Å². The van der Waals surface area contributed by atoms with E-state index in [0.29, 0.717) is 0 Å². The molecule has 0 amide bonds. The number of hydrogen-bond donors (Lipinski definition) is 1. The standard InChI is InChI=1S/C21H19N3S/c1-13-7-9-16(10-8-13)17-11-25-21-18(17)20(22-12-23-21)24-19-14(2)5-4-6-15(19)3/h4-12H,1-3H3,(H,22,23,24). The predicted molar refractivity (Wildman–Crippen MR) is 107 cm³/mol. The molecule has 0 bridgehead atoms. The minimum absolute atomic E-state index is 0.860. The first-order chi connectivity index (χ1) is 12.1. The lowest BCUT2D eigenvalue weighted by atomic mass is 10.0. The maximum absolute atomic E-state index is 4.54. The number of hydrogen-bond acceptors (Lipinski definition) is 4. The minimum Gasteiger partial charge on any atom is -0.339 e. The lowest BCUT2D eigenvalue weighted by Crippen LogP contribution is -1.99. The van der Waals surface area contributed by atoms with Gasteiger partial charge in [0.1, 0.15) is 17.0 Å². The third kappa shape index (κ3) is 2.89. The van der Waals surface area contributed by atoms with Crippen LogP contribution >= 0.6 is 11.3 Å². The molecule has 0 unspecified atom stereocenters. The van der Waals surface area contributed by atoms with Crippen molar-refractivity contribution in [2.75, 3.05) is 5.32 Å². The lowest BCUT2D eigenvalue weighted by molar-refractivity contribution is 1.22. The highest BCUT2D eigenvalue weighted by Crippen LogP contribution is 2.38. The van der Waals surface area contributed by atoms with Crippen LogP contribution in [0, 0.1) is 20.8 Å². The molecule has 0 saturated heterocycles. The summed E-state index contributed by atoms with van der Waals surface area (Å²) in [5, 5.41) is 6.80. The summed E-state index contributed by atoms with van der Waals surface area (Å²) in [7, 11) is 0. The van der Waals surface area contributed by atoms with E-state index in [-0.39, 0.29) is 0 Å². The van der Waals surface area contributed by atoms with Crippen molar-refractivity contribution in [3.63, 3.8) is 0 Å². The highest BCUT2D eigenvalue weighted by atomic mass is 32.1. The van der Waals surface area contributed by atoms with Gasteiger partial charge in [0.05, 0.1) is 5.39 Å². The first-order valence-corrected chi connectivity index (χ1v) is 9.14. The van der Waals surface area contributed by atoms with Crippen LogP contribution in [0.3, 0.4) is 0 Å². The zero-order chi connectivity index (χ0) is 17.4. The predicted octanol–water partition coefficient (Wildman–Crippen LogP) is 6.03. The second kappa shape index (κ2) is 6.30. The molecule has 0 spiro atoms. The van der Waals surface area contributed by atoms with Gasteiger partial charge in [-0.1, -0.05) is 48.0 Å². The summed E-state index contributed by atoms with van der Waals surface area (Å²) in [6.07, 6.45) is 1.63. The molecular formula is C21H19N3S. The van der Waals surface area contributed by atoms with Crippen LogP contribution in [0.5, 0.6) is 0 Å². The van der Waals surface area contributed by atoms with E-state index in [4.69, 9.17) is 0 Å². The molecule has 2 aromatic carbocycles. The molecule has 0 atom stereocenters. The van der Waals surface area contributed by atoms with Crippen LogP contribution < -0.4 is 5.32 Å². The molecule has 4 heteroatoms. The number of nitrogens with zero attached hydrogens (tertiary/aromatic N) is 2. The topological polar surface area (TPSA) is 37.8 Å². The fraction of sp³-hybridized carbons (Fsp3) is 0.143. The van der Waals surface area contributed by atoms with Crippen molar-refractivity contribution >= 4 is 33.1 Å². The molecule has 0 saturated carbocycles. The number of benzene rings is 2. The Balaban J connectivity index is 1.87. The van der Waals surface area contributed by atoms with Gasteiger partial charge in [0.15, 0.2) is 0 Å². The van der Waals surface area contributed by atoms with Crippen LogP contribution in [0.2, 0.25) is 0 Å². The van der Waals surface area contributed by atoms with Crippen molar-refractivity contribution in [3.8, 4) is 11.1 Å². The Morgan fingerprint density at radius 2 is 1.60 bits per heavy atom. The number of fused-ring (bicyclic) bond motifs is 1. The van der Waals surface area contributed by atoms with E-state index in [9.17, 15) is 0 Å². The third-order valence-corrected chi connectivity index (χ3v) is 5.34. The Kier molecular flexibility index (Phi) is 3.98. The molecule has 0 fully saturated rings. The van der Waals surface area contributed by atoms with E-state index >= 15 is 0 Å². The molecular weight excluding hydrogens is 326 g/mol. The number of nitrogens with one attached hydrogen (secondary N) is 1. The molecule has 0 aliphatic rings. The fourth-order valence-corrected chi connectivity index (χ4v) is 3.96. The van der Waals surface area contributed by atoms with E-state index in [1.54, 1.807) is 17.7 Å². The van der Waals surface area contributed by atoms with E-state index in [1.165, 1.54) is 27.8 Å². The zero-order valence-electron chi connectivity index (χ0n) is 14.5. The highest BCUT2D eigenvalue weighted by Gasteiger charge is 2.14. The van der Waals surface area contributed by atoms with Crippen molar-refractivity contribution in [1.29, 1.82) is 0 Å². The molecule has 2 aromatic heterocycles. The van der Waals surface area contributed by atoms with Crippen LogP contribution in [0.4, 0.5) is 11.5 Å². The first-order valence-electron chi connectivity index (χ1n) is 8.26. The van der Waals surface area contributed by atoms with Crippen LogP contribution in [-0.2, 0) is 0 Å². The highest BCUT2D eigenvalue weighted by molar-refractivity contribution is 7.17. The van der Waals surface area contributed by atoms with Gasteiger partial charge in [-0.2, -0.15) is 0 Å². The van der Waals surface area contributed by atoms with Crippen LogP contribution in [0.15, 0.2) is 54.2 Å². The van der Waals surface area contributed by atoms with Gasteiger partial charge in [-0.05, 0) is 37.5 Å². The second-order valence-electron chi connectivity index (χ2n) is 6.31. The molecule has 25 heavy (non-hydrogen) atoms. The van der Waals surface area contributed by atoms with Gasteiger partial charge in [-0.15, -0.1) is 11.3 Å². The SMILES string of the molecule is Cc1ccc(-c2csc3ncnc(Nc4c(C)cccc4C)c23)cc1. The number of para-hydroxylation sites is 1. The van der Waals surface area contributed by atoms with E-state index in [1.807, 2.05) is 0 Å². The Morgan fingerprint density at radius 1 is 0.880 bits per heavy atom. The Bertz CT molecular complexity index is 1030. The average Bonchev–Trinajstić information content (AvgIpc) is 3.04. The number of aryl methyl sites for hydroxylation is 3. The van der Waals surface area contributed by atoms with Crippen molar-refractivity contribution in [3.05, 3.63) is 70.9 Å². The summed E-state index contributed by atoms with van der Waals surface area (Å²) in [5.74, 6) is 0.860. The molecule has 3 nitrogen and oxygen atoms in total. The van der Waals surface area contributed by atoms with Gasteiger partial charge in [0, 0.05) is 16.6 Å². The second-order valence-corrected chi connectivity index (χ2v) is 7.17. The van der Waals surface area contributed by atoms with Gasteiger partial charge < -0.3 is 5.32 Å². The number of anilines is 2. The van der Waals surface area contributed by atoms with Crippen molar-refractivity contribution in [2.45, 2.75) is 20.8 Å². The molecule has 124 valence electrons. The number of thiophene rings is 1.